The summed E-state index contributed by atoms with van der Waals surface area (Å²) in [6.07, 6.45) is 0.232. The summed E-state index contributed by atoms with van der Waals surface area (Å²) in [6, 6.07) is 19.5. The van der Waals surface area contributed by atoms with Crippen LogP contribution in [0.3, 0.4) is 0 Å². The number of imide groups is 1. The molecule has 0 spiro atoms. The lowest BCUT2D eigenvalue weighted by molar-refractivity contribution is -0.147. The number of nitrogens with zero attached hydrogens (tertiary/aromatic N) is 1. The molecule has 0 saturated carbocycles. The van der Waals surface area contributed by atoms with Crippen molar-refractivity contribution in [2.24, 2.45) is 0 Å². The van der Waals surface area contributed by atoms with Crippen molar-refractivity contribution in [3.8, 4) is 0 Å². The van der Waals surface area contributed by atoms with E-state index in [-0.39, 0.29) is 31.2 Å². The molecule has 0 radical (unpaired) electrons. The molecule has 7 heteroatoms. The number of ether oxygens (including phenoxy) is 1. The third-order valence-corrected chi connectivity index (χ3v) is 5.04. The van der Waals surface area contributed by atoms with E-state index in [9.17, 15) is 19.2 Å². The lowest BCUT2D eigenvalue weighted by Crippen LogP contribution is -2.41. The topological polar surface area (TPSA) is 92.8 Å². The molecule has 7 nitrogen and oxygen atoms in total. The zero-order valence-corrected chi connectivity index (χ0v) is 16.7. The Morgan fingerprint density at radius 1 is 0.839 bits per heavy atom. The number of hydrogen-bond acceptors (Lipinski definition) is 5. The first kappa shape index (κ1) is 20.3. The molecular formula is C24H20N2O5. The normalized spacial score (nSPS) is 12.7. The van der Waals surface area contributed by atoms with Gasteiger partial charge in [0.15, 0.2) is 6.61 Å². The Bertz CT molecular complexity index is 1120. The van der Waals surface area contributed by atoms with E-state index in [1.54, 1.807) is 48.5 Å². The number of carbonyl (C=O) groups is 4. The molecule has 0 unspecified atom stereocenters. The lowest BCUT2D eigenvalue weighted by Gasteiger charge is -2.27. The first-order chi connectivity index (χ1) is 15.0. The van der Waals surface area contributed by atoms with E-state index in [0.29, 0.717) is 22.2 Å². The van der Waals surface area contributed by atoms with Crippen LogP contribution in [0.4, 0.5) is 5.69 Å². The highest BCUT2D eigenvalue weighted by Crippen LogP contribution is 2.30. The van der Waals surface area contributed by atoms with Crippen LogP contribution in [-0.2, 0) is 14.3 Å². The molecule has 3 amide bonds. The molecule has 0 fully saturated rings. The van der Waals surface area contributed by atoms with Gasteiger partial charge in [0.1, 0.15) is 0 Å². The van der Waals surface area contributed by atoms with Crippen LogP contribution in [-0.4, -0.2) is 41.7 Å². The van der Waals surface area contributed by atoms with E-state index < -0.39 is 18.5 Å². The minimum Gasteiger partial charge on any atom is -0.456 e. The molecule has 31 heavy (non-hydrogen) atoms. The number of rotatable bonds is 7. The summed E-state index contributed by atoms with van der Waals surface area (Å²) in [5, 5.41) is 4.13. The van der Waals surface area contributed by atoms with E-state index in [2.05, 4.69) is 5.32 Å². The number of para-hydroxylation sites is 1. The summed E-state index contributed by atoms with van der Waals surface area (Å²) in [4.78, 5) is 50.6. The largest absolute Gasteiger partial charge is 0.456 e. The minimum atomic E-state index is -0.567. The molecule has 156 valence electrons. The molecule has 0 aromatic heterocycles. The Hall–Kier alpha value is -4.00. The van der Waals surface area contributed by atoms with Crippen molar-refractivity contribution in [3.63, 3.8) is 0 Å². The summed E-state index contributed by atoms with van der Waals surface area (Å²) in [6.45, 7) is -0.307. The minimum absolute atomic E-state index is 0.0124. The standard InChI is InChI=1S/C24H20N2O5/c27-20(25-17-9-2-1-3-10-17)15-31-21(28)13-6-14-26-23(29)18-11-4-7-16-8-5-12-19(22(16)18)24(26)30/h1-5,7-12H,6,13-15H2,(H,25,27). The fourth-order valence-electron chi connectivity index (χ4n) is 3.60. The second-order valence-corrected chi connectivity index (χ2v) is 7.15. The zero-order valence-electron chi connectivity index (χ0n) is 16.7. The first-order valence-electron chi connectivity index (χ1n) is 9.93. The molecule has 0 aliphatic carbocycles. The van der Waals surface area contributed by atoms with Crippen molar-refractivity contribution in [3.05, 3.63) is 77.9 Å². The third-order valence-electron chi connectivity index (χ3n) is 5.04. The maximum Gasteiger partial charge on any atom is 0.306 e. The van der Waals surface area contributed by atoms with Gasteiger partial charge in [0.25, 0.3) is 17.7 Å². The van der Waals surface area contributed by atoms with E-state index >= 15 is 0 Å². The van der Waals surface area contributed by atoms with Gasteiger partial charge in [0, 0.05) is 35.2 Å². The average molecular weight is 416 g/mol. The summed E-state index contributed by atoms with van der Waals surface area (Å²) in [7, 11) is 0. The first-order valence-corrected chi connectivity index (χ1v) is 9.93. The number of amides is 3. The van der Waals surface area contributed by atoms with Gasteiger partial charge in [-0.15, -0.1) is 0 Å². The van der Waals surface area contributed by atoms with Gasteiger partial charge in [-0.3, -0.25) is 24.1 Å². The molecule has 1 heterocycles. The van der Waals surface area contributed by atoms with Crippen LogP contribution in [0.25, 0.3) is 10.8 Å². The van der Waals surface area contributed by atoms with Crippen LogP contribution >= 0.6 is 0 Å². The van der Waals surface area contributed by atoms with Crippen molar-refractivity contribution >= 4 is 40.2 Å². The Morgan fingerprint density at radius 2 is 1.48 bits per heavy atom. The van der Waals surface area contributed by atoms with Crippen LogP contribution in [0.5, 0.6) is 0 Å². The molecule has 4 rings (SSSR count). The van der Waals surface area contributed by atoms with Crippen LogP contribution in [0.2, 0.25) is 0 Å². The number of esters is 1. The highest BCUT2D eigenvalue weighted by atomic mass is 16.5. The van der Waals surface area contributed by atoms with Crippen molar-refractivity contribution in [2.45, 2.75) is 12.8 Å². The second-order valence-electron chi connectivity index (χ2n) is 7.15. The van der Waals surface area contributed by atoms with Gasteiger partial charge in [-0.2, -0.15) is 0 Å². The Balaban J connectivity index is 1.30. The van der Waals surface area contributed by atoms with Gasteiger partial charge >= 0.3 is 5.97 Å². The Kier molecular flexibility index (Phi) is 5.75. The predicted octanol–water partition coefficient (Wildman–Crippen LogP) is 3.40. The molecule has 3 aromatic rings. The number of hydrogen-bond donors (Lipinski definition) is 1. The fraction of sp³-hybridized carbons (Fsp3) is 0.167. The van der Waals surface area contributed by atoms with Crippen LogP contribution in [0, 0.1) is 0 Å². The lowest BCUT2D eigenvalue weighted by atomic mass is 9.94. The molecule has 1 aliphatic heterocycles. The molecule has 0 atom stereocenters. The third kappa shape index (κ3) is 4.30. The van der Waals surface area contributed by atoms with Crippen molar-refractivity contribution in [1.82, 2.24) is 4.90 Å². The molecule has 0 bridgehead atoms. The highest BCUT2D eigenvalue weighted by Gasteiger charge is 2.32. The van der Waals surface area contributed by atoms with E-state index in [4.69, 9.17) is 4.74 Å². The van der Waals surface area contributed by atoms with Crippen molar-refractivity contribution in [1.29, 1.82) is 0 Å². The number of carbonyl (C=O) groups excluding carboxylic acids is 4. The molecule has 0 saturated heterocycles. The SMILES string of the molecule is O=C(COC(=O)CCCN1C(=O)c2cccc3cccc(c23)C1=O)Nc1ccccc1. The van der Waals surface area contributed by atoms with Gasteiger partial charge in [0.2, 0.25) is 0 Å². The number of anilines is 1. The van der Waals surface area contributed by atoms with Gasteiger partial charge < -0.3 is 10.1 Å². The average Bonchev–Trinajstić information content (AvgIpc) is 2.79. The molecular weight excluding hydrogens is 396 g/mol. The number of nitrogens with one attached hydrogen (secondary N) is 1. The van der Waals surface area contributed by atoms with E-state index in [1.165, 1.54) is 0 Å². The summed E-state index contributed by atoms with van der Waals surface area (Å²) >= 11 is 0. The fourth-order valence-corrected chi connectivity index (χ4v) is 3.60. The van der Waals surface area contributed by atoms with Crippen LogP contribution < -0.4 is 5.32 Å². The summed E-state index contributed by atoms with van der Waals surface area (Å²) in [5.41, 5.74) is 1.57. The monoisotopic (exact) mass is 416 g/mol. The summed E-state index contributed by atoms with van der Waals surface area (Å²) < 4.78 is 4.98. The predicted molar refractivity (Wildman–Crippen MR) is 115 cm³/mol. The van der Waals surface area contributed by atoms with Gasteiger partial charge in [-0.1, -0.05) is 42.5 Å². The van der Waals surface area contributed by atoms with Crippen LogP contribution in [0.15, 0.2) is 66.7 Å². The molecule has 1 aliphatic rings. The van der Waals surface area contributed by atoms with E-state index in [1.807, 2.05) is 18.2 Å². The van der Waals surface area contributed by atoms with Gasteiger partial charge in [0.05, 0.1) is 0 Å². The Labute approximate surface area is 178 Å². The van der Waals surface area contributed by atoms with Gasteiger partial charge in [-0.05, 0) is 36.1 Å². The zero-order chi connectivity index (χ0) is 21.8. The van der Waals surface area contributed by atoms with Crippen LogP contribution in [0.1, 0.15) is 33.6 Å². The summed E-state index contributed by atoms with van der Waals surface area (Å²) in [5.74, 6) is -1.75. The number of benzene rings is 3. The quantitative estimate of drug-likeness (QED) is 0.471. The Morgan fingerprint density at radius 3 is 2.13 bits per heavy atom. The maximum absolute atomic E-state index is 12.8. The smallest absolute Gasteiger partial charge is 0.306 e. The van der Waals surface area contributed by atoms with E-state index in [0.717, 1.165) is 10.3 Å². The van der Waals surface area contributed by atoms with Gasteiger partial charge in [-0.25, -0.2) is 0 Å². The second kappa shape index (κ2) is 8.79. The van der Waals surface area contributed by atoms with Crippen molar-refractivity contribution < 1.29 is 23.9 Å². The molecule has 1 N–H and O–H groups in total. The highest BCUT2D eigenvalue weighted by molar-refractivity contribution is 6.25. The molecule has 3 aromatic carbocycles. The maximum atomic E-state index is 12.8. The van der Waals surface area contributed by atoms with Crippen molar-refractivity contribution in [2.75, 3.05) is 18.5 Å².